The first-order chi connectivity index (χ1) is 9.33. The van der Waals surface area contributed by atoms with Crippen molar-refractivity contribution in [2.45, 2.75) is 43.7 Å². The van der Waals surface area contributed by atoms with E-state index in [0.29, 0.717) is 12.0 Å². The molecule has 3 heterocycles. The summed E-state index contributed by atoms with van der Waals surface area (Å²) in [5, 5.41) is 3.61. The fourth-order valence-electron chi connectivity index (χ4n) is 4.14. The van der Waals surface area contributed by atoms with E-state index in [1.165, 1.54) is 43.6 Å². The van der Waals surface area contributed by atoms with E-state index in [9.17, 15) is 0 Å². The van der Waals surface area contributed by atoms with Crippen LogP contribution in [0.1, 0.15) is 32.1 Å². The summed E-state index contributed by atoms with van der Waals surface area (Å²) in [7, 11) is 2.13. The number of rotatable bonds is 3. The molecule has 3 nitrogen and oxygen atoms in total. The fraction of sp³-hybridized carbons (Fsp3) is 1.00. The highest BCUT2D eigenvalue weighted by atomic mass is 32.2. The molecule has 110 valence electrons. The van der Waals surface area contributed by atoms with Gasteiger partial charge in [-0.15, -0.1) is 0 Å². The number of thioether (sulfide) groups is 1. The van der Waals surface area contributed by atoms with Gasteiger partial charge >= 0.3 is 0 Å². The summed E-state index contributed by atoms with van der Waals surface area (Å²) < 4.78 is 11.9. The standard InChI is InChI=1S/C15H27NO2S/c1-16-14(13-3-2-6-17-10-13)12-4-7-18-15(9-12)5-8-19-11-15/h12-14,16H,2-11H2,1H3. The predicted molar refractivity (Wildman–Crippen MR) is 79.7 cm³/mol. The van der Waals surface area contributed by atoms with Gasteiger partial charge in [-0.2, -0.15) is 11.8 Å². The van der Waals surface area contributed by atoms with Crippen LogP contribution in [0.5, 0.6) is 0 Å². The topological polar surface area (TPSA) is 30.5 Å². The highest BCUT2D eigenvalue weighted by molar-refractivity contribution is 7.99. The van der Waals surface area contributed by atoms with Crippen molar-refractivity contribution in [1.82, 2.24) is 5.32 Å². The van der Waals surface area contributed by atoms with Gasteiger partial charge in [0.2, 0.25) is 0 Å². The van der Waals surface area contributed by atoms with Crippen molar-refractivity contribution in [1.29, 1.82) is 0 Å². The maximum absolute atomic E-state index is 6.16. The lowest BCUT2D eigenvalue weighted by atomic mass is 9.76. The van der Waals surface area contributed by atoms with Crippen molar-refractivity contribution in [3.05, 3.63) is 0 Å². The van der Waals surface area contributed by atoms with Gasteiger partial charge < -0.3 is 14.8 Å². The lowest BCUT2D eigenvalue weighted by Crippen LogP contribution is -2.50. The van der Waals surface area contributed by atoms with Gasteiger partial charge in [-0.1, -0.05) is 0 Å². The van der Waals surface area contributed by atoms with E-state index in [-0.39, 0.29) is 5.60 Å². The molecule has 3 aliphatic rings. The van der Waals surface area contributed by atoms with Crippen LogP contribution >= 0.6 is 11.8 Å². The summed E-state index contributed by atoms with van der Waals surface area (Å²) in [4.78, 5) is 0. The van der Waals surface area contributed by atoms with Crippen molar-refractivity contribution in [3.8, 4) is 0 Å². The third-order valence-corrected chi connectivity index (χ3v) is 6.37. The Balaban J connectivity index is 1.64. The number of hydrogen-bond acceptors (Lipinski definition) is 4. The predicted octanol–water partition coefficient (Wildman–Crippen LogP) is 2.30. The normalized spacial score (nSPS) is 41.5. The zero-order chi connectivity index (χ0) is 13.1. The Morgan fingerprint density at radius 2 is 2.21 bits per heavy atom. The summed E-state index contributed by atoms with van der Waals surface area (Å²) >= 11 is 2.07. The molecule has 0 amide bonds. The Kier molecular flexibility index (Phi) is 4.73. The molecule has 1 N–H and O–H groups in total. The third-order valence-electron chi connectivity index (χ3n) is 5.14. The zero-order valence-electron chi connectivity index (χ0n) is 12.0. The van der Waals surface area contributed by atoms with Crippen LogP contribution in [0.15, 0.2) is 0 Å². The average molecular weight is 285 g/mol. The van der Waals surface area contributed by atoms with Crippen LogP contribution in [0.25, 0.3) is 0 Å². The van der Waals surface area contributed by atoms with Crippen molar-refractivity contribution in [3.63, 3.8) is 0 Å². The fourth-order valence-corrected chi connectivity index (χ4v) is 5.52. The van der Waals surface area contributed by atoms with Gasteiger partial charge in [0, 0.05) is 25.0 Å². The zero-order valence-corrected chi connectivity index (χ0v) is 12.8. The lowest BCUT2D eigenvalue weighted by molar-refractivity contribution is -0.0926. The van der Waals surface area contributed by atoms with E-state index in [1.54, 1.807) is 0 Å². The van der Waals surface area contributed by atoms with Crippen LogP contribution in [0.2, 0.25) is 0 Å². The lowest BCUT2D eigenvalue weighted by Gasteiger charge is -2.43. The van der Waals surface area contributed by atoms with Crippen molar-refractivity contribution < 1.29 is 9.47 Å². The molecular weight excluding hydrogens is 258 g/mol. The minimum atomic E-state index is 0.207. The highest BCUT2D eigenvalue weighted by Gasteiger charge is 2.43. The molecule has 0 aromatic heterocycles. The maximum Gasteiger partial charge on any atom is 0.0783 e. The van der Waals surface area contributed by atoms with Crippen LogP contribution in [-0.2, 0) is 9.47 Å². The maximum atomic E-state index is 6.16. The van der Waals surface area contributed by atoms with Gasteiger partial charge in [0.25, 0.3) is 0 Å². The molecule has 3 saturated heterocycles. The molecule has 0 saturated carbocycles. The Morgan fingerprint density at radius 1 is 1.26 bits per heavy atom. The van der Waals surface area contributed by atoms with Gasteiger partial charge in [-0.25, -0.2) is 0 Å². The summed E-state index contributed by atoms with van der Waals surface area (Å²) in [5.41, 5.74) is 0.207. The first kappa shape index (κ1) is 14.2. The second-order valence-corrected chi connectivity index (χ2v) is 7.48. The quantitative estimate of drug-likeness (QED) is 0.862. The Labute approximate surface area is 121 Å². The van der Waals surface area contributed by atoms with Gasteiger partial charge in [0.15, 0.2) is 0 Å². The summed E-state index contributed by atoms with van der Waals surface area (Å²) in [5.74, 6) is 3.96. The molecule has 0 radical (unpaired) electrons. The molecule has 0 bridgehead atoms. The van der Waals surface area contributed by atoms with Crippen molar-refractivity contribution in [2.75, 3.05) is 38.4 Å². The monoisotopic (exact) mass is 285 g/mol. The van der Waals surface area contributed by atoms with Crippen LogP contribution in [0, 0.1) is 11.8 Å². The van der Waals surface area contributed by atoms with Crippen LogP contribution in [0.3, 0.4) is 0 Å². The molecular formula is C15H27NO2S. The largest absolute Gasteiger partial charge is 0.381 e. The van der Waals surface area contributed by atoms with E-state index >= 15 is 0 Å². The third kappa shape index (κ3) is 3.12. The van der Waals surface area contributed by atoms with Crippen molar-refractivity contribution in [2.24, 2.45) is 11.8 Å². The molecule has 3 fully saturated rings. The van der Waals surface area contributed by atoms with E-state index < -0.39 is 0 Å². The summed E-state index contributed by atoms with van der Waals surface area (Å²) in [6.07, 6.45) is 6.28. The van der Waals surface area contributed by atoms with Gasteiger partial charge in [0.05, 0.1) is 12.2 Å². The molecule has 3 aliphatic heterocycles. The first-order valence-electron chi connectivity index (χ1n) is 7.80. The summed E-state index contributed by atoms with van der Waals surface area (Å²) in [6, 6.07) is 0.617. The van der Waals surface area contributed by atoms with Gasteiger partial charge in [-0.3, -0.25) is 0 Å². The van der Waals surface area contributed by atoms with Gasteiger partial charge in [0.1, 0.15) is 0 Å². The molecule has 0 aliphatic carbocycles. The Hall–Kier alpha value is 0.230. The number of hydrogen-bond donors (Lipinski definition) is 1. The van der Waals surface area contributed by atoms with Crippen LogP contribution < -0.4 is 5.32 Å². The molecule has 0 aromatic carbocycles. The molecule has 0 aromatic rings. The smallest absolute Gasteiger partial charge is 0.0783 e. The molecule has 4 heteroatoms. The minimum absolute atomic E-state index is 0.207. The second-order valence-electron chi connectivity index (χ2n) is 6.38. The SMILES string of the molecule is CNC(C1CCCOC1)C1CCOC2(CCSC2)C1. The number of ether oxygens (including phenoxy) is 2. The van der Waals surface area contributed by atoms with E-state index in [2.05, 4.69) is 24.1 Å². The van der Waals surface area contributed by atoms with E-state index in [1.807, 2.05) is 0 Å². The van der Waals surface area contributed by atoms with Gasteiger partial charge in [-0.05, 0) is 56.7 Å². The molecule has 1 spiro atoms. The van der Waals surface area contributed by atoms with Crippen LogP contribution in [-0.4, -0.2) is 50.0 Å². The van der Waals surface area contributed by atoms with E-state index in [4.69, 9.17) is 9.47 Å². The number of nitrogens with one attached hydrogen (secondary N) is 1. The van der Waals surface area contributed by atoms with Crippen molar-refractivity contribution >= 4 is 11.8 Å². The average Bonchev–Trinajstić information content (AvgIpc) is 2.89. The van der Waals surface area contributed by atoms with E-state index in [0.717, 1.165) is 25.7 Å². The Bertz CT molecular complexity index is 288. The van der Waals surface area contributed by atoms with Crippen LogP contribution in [0.4, 0.5) is 0 Å². The highest BCUT2D eigenvalue weighted by Crippen LogP contribution is 2.42. The molecule has 4 atom stereocenters. The Morgan fingerprint density at radius 3 is 2.89 bits per heavy atom. The minimum Gasteiger partial charge on any atom is -0.381 e. The molecule has 4 unspecified atom stereocenters. The second kappa shape index (κ2) is 6.33. The molecule has 3 rings (SSSR count). The first-order valence-corrected chi connectivity index (χ1v) is 8.95. The summed E-state index contributed by atoms with van der Waals surface area (Å²) in [6.45, 7) is 2.86. The molecule has 19 heavy (non-hydrogen) atoms.